The quantitative estimate of drug-likeness (QED) is 0.767. The SMILES string of the molecule is Cl.Cl.NCc1ccc(NC(=O)CCN2CCN(c3ccccc3)CC2)cc1. The molecule has 1 aliphatic heterocycles. The first-order valence-electron chi connectivity index (χ1n) is 8.86. The Balaban J connectivity index is 0.00000182. The molecular weight excluding hydrogens is 383 g/mol. The zero-order valence-corrected chi connectivity index (χ0v) is 17.0. The fourth-order valence-electron chi connectivity index (χ4n) is 3.08. The smallest absolute Gasteiger partial charge is 0.225 e. The van der Waals surface area contributed by atoms with Crippen LogP contribution in [0.15, 0.2) is 54.6 Å². The van der Waals surface area contributed by atoms with Gasteiger partial charge < -0.3 is 16.0 Å². The molecule has 148 valence electrons. The minimum atomic E-state index is 0. The van der Waals surface area contributed by atoms with Crippen LogP contribution in [0.3, 0.4) is 0 Å². The Labute approximate surface area is 173 Å². The third kappa shape index (κ3) is 7.03. The van der Waals surface area contributed by atoms with Crippen molar-refractivity contribution in [3.63, 3.8) is 0 Å². The van der Waals surface area contributed by atoms with Crippen LogP contribution in [0.1, 0.15) is 12.0 Å². The molecule has 0 radical (unpaired) electrons. The number of carbonyl (C=O) groups is 1. The highest BCUT2D eigenvalue weighted by Crippen LogP contribution is 2.15. The predicted molar refractivity (Wildman–Crippen MR) is 117 cm³/mol. The van der Waals surface area contributed by atoms with E-state index >= 15 is 0 Å². The molecule has 0 spiro atoms. The summed E-state index contributed by atoms with van der Waals surface area (Å²) < 4.78 is 0. The highest BCUT2D eigenvalue weighted by atomic mass is 35.5. The third-order valence-corrected chi connectivity index (χ3v) is 4.62. The minimum absolute atomic E-state index is 0. The van der Waals surface area contributed by atoms with Crippen molar-refractivity contribution in [2.45, 2.75) is 13.0 Å². The fourth-order valence-corrected chi connectivity index (χ4v) is 3.08. The van der Waals surface area contributed by atoms with Crippen molar-refractivity contribution in [2.24, 2.45) is 5.73 Å². The lowest BCUT2D eigenvalue weighted by molar-refractivity contribution is -0.116. The summed E-state index contributed by atoms with van der Waals surface area (Å²) in [5, 5.41) is 2.95. The monoisotopic (exact) mass is 410 g/mol. The Morgan fingerprint density at radius 1 is 0.926 bits per heavy atom. The number of hydrogen-bond acceptors (Lipinski definition) is 4. The number of para-hydroxylation sites is 1. The van der Waals surface area contributed by atoms with Crippen LogP contribution in [0.2, 0.25) is 0 Å². The fraction of sp³-hybridized carbons (Fsp3) is 0.350. The number of benzene rings is 2. The van der Waals surface area contributed by atoms with E-state index in [1.807, 2.05) is 30.3 Å². The van der Waals surface area contributed by atoms with Gasteiger partial charge in [-0.25, -0.2) is 0 Å². The lowest BCUT2D eigenvalue weighted by Crippen LogP contribution is -2.47. The van der Waals surface area contributed by atoms with Crippen LogP contribution in [-0.2, 0) is 11.3 Å². The summed E-state index contributed by atoms with van der Waals surface area (Å²) in [5.41, 5.74) is 8.75. The number of nitrogens with zero attached hydrogens (tertiary/aromatic N) is 2. The molecule has 27 heavy (non-hydrogen) atoms. The molecular formula is C20H28Cl2N4O. The largest absolute Gasteiger partial charge is 0.369 e. The number of nitrogens with one attached hydrogen (secondary N) is 1. The van der Waals surface area contributed by atoms with Gasteiger partial charge in [-0.1, -0.05) is 30.3 Å². The molecule has 0 aliphatic carbocycles. The molecule has 0 atom stereocenters. The van der Waals surface area contributed by atoms with Crippen molar-refractivity contribution in [1.82, 2.24) is 4.90 Å². The molecule has 0 aromatic heterocycles. The van der Waals surface area contributed by atoms with Gasteiger partial charge in [0.1, 0.15) is 0 Å². The van der Waals surface area contributed by atoms with Crippen LogP contribution in [-0.4, -0.2) is 43.5 Å². The van der Waals surface area contributed by atoms with Crippen LogP contribution in [0, 0.1) is 0 Å². The Morgan fingerprint density at radius 2 is 1.56 bits per heavy atom. The zero-order chi connectivity index (χ0) is 17.5. The van der Waals surface area contributed by atoms with Gasteiger partial charge in [0, 0.05) is 57.1 Å². The van der Waals surface area contributed by atoms with Crippen molar-refractivity contribution in [2.75, 3.05) is 42.9 Å². The van der Waals surface area contributed by atoms with Gasteiger partial charge in [0.05, 0.1) is 0 Å². The lowest BCUT2D eigenvalue weighted by Gasteiger charge is -2.36. The van der Waals surface area contributed by atoms with E-state index in [0.717, 1.165) is 44.0 Å². The molecule has 3 rings (SSSR count). The number of nitrogens with two attached hydrogens (primary N) is 1. The average molecular weight is 411 g/mol. The predicted octanol–water partition coefficient (Wildman–Crippen LogP) is 3.14. The third-order valence-electron chi connectivity index (χ3n) is 4.62. The minimum Gasteiger partial charge on any atom is -0.369 e. The summed E-state index contributed by atoms with van der Waals surface area (Å²) >= 11 is 0. The highest BCUT2D eigenvalue weighted by molar-refractivity contribution is 5.90. The van der Waals surface area contributed by atoms with Gasteiger partial charge >= 0.3 is 0 Å². The Hall–Kier alpha value is -1.79. The molecule has 1 saturated heterocycles. The topological polar surface area (TPSA) is 61.6 Å². The van der Waals surface area contributed by atoms with E-state index in [0.29, 0.717) is 13.0 Å². The van der Waals surface area contributed by atoms with Crippen molar-refractivity contribution in [1.29, 1.82) is 0 Å². The van der Waals surface area contributed by atoms with E-state index in [2.05, 4.69) is 39.4 Å². The van der Waals surface area contributed by atoms with Crippen molar-refractivity contribution < 1.29 is 4.79 Å². The summed E-state index contributed by atoms with van der Waals surface area (Å²) in [4.78, 5) is 16.9. The Kier molecular flexibility index (Phi) is 10.2. The van der Waals surface area contributed by atoms with Gasteiger partial charge in [-0.15, -0.1) is 24.8 Å². The zero-order valence-electron chi connectivity index (χ0n) is 15.3. The van der Waals surface area contributed by atoms with Crippen LogP contribution < -0.4 is 16.0 Å². The molecule has 3 N–H and O–H groups in total. The van der Waals surface area contributed by atoms with E-state index < -0.39 is 0 Å². The molecule has 1 heterocycles. The van der Waals surface area contributed by atoms with Gasteiger partial charge in [-0.2, -0.15) is 0 Å². The second-order valence-corrected chi connectivity index (χ2v) is 6.36. The molecule has 2 aromatic carbocycles. The summed E-state index contributed by atoms with van der Waals surface area (Å²) in [6, 6.07) is 18.2. The lowest BCUT2D eigenvalue weighted by atomic mass is 10.2. The van der Waals surface area contributed by atoms with Crippen LogP contribution >= 0.6 is 24.8 Å². The van der Waals surface area contributed by atoms with Gasteiger partial charge in [0.2, 0.25) is 5.91 Å². The van der Waals surface area contributed by atoms with E-state index in [-0.39, 0.29) is 30.7 Å². The summed E-state index contributed by atoms with van der Waals surface area (Å²) in [5.74, 6) is 0.0611. The van der Waals surface area contributed by atoms with Crippen molar-refractivity contribution in [3.8, 4) is 0 Å². The first kappa shape index (κ1) is 23.2. The number of amides is 1. The van der Waals surface area contributed by atoms with E-state index in [1.165, 1.54) is 5.69 Å². The second kappa shape index (κ2) is 11.8. The molecule has 1 amide bonds. The van der Waals surface area contributed by atoms with E-state index in [1.54, 1.807) is 0 Å². The van der Waals surface area contributed by atoms with Crippen LogP contribution in [0.25, 0.3) is 0 Å². The van der Waals surface area contributed by atoms with Crippen molar-refractivity contribution in [3.05, 3.63) is 60.2 Å². The second-order valence-electron chi connectivity index (χ2n) is 6.36. The van der Waals surface area contributed by atoms with Crippen LogP contribution in [0.5, 0.6) is 0 Å². The standard InChI is InChI=1S/C20H26N4O.2ClH/c21-16-17-6-8-18(9-7-17)22-20(25)10-11-23-12-14-24(15-13-23)19-4-2-1-3-5-19;;/h1-9H,10-16,21H2,(H,22,25);2*1H. The first-order chi connectivity index (χ1) is 12.2. The Morgan fingerprint density at radius 3 is 2.15 bits per heavy atom. The number of halogens is 2. The highest BCUT2D eigenvalue weighted by Gasteiger charge is 2.17. The molecule has 0 bridgehead atoms. The molecule has 1 fully saturated rings. The number of hydrogen-bond donors (Lipinski definition) is 2. The average Bonchev–Trinajstić information content (AvgIpc) is 2.68. The molecule has 0 unspecified atom stereocenters. The molecule has 1 aliphatic rings. The Bertz CT molecular complexity index is 674. The maximum atomic E-state index is 12.1. The first-order valence-corrected chi connectivity index (χ1v) is 8.86. The molecule has 5 nitrogen and oxygen atoms in total. The number of piperazine rings is 1. The summed E-state index contributed by atoms with van der Waals surface area (Å²) in [6.45, 7) is 5.32. The summed E-state index contributed by atoms with van der Waals surface area (Å²) in [7, 11) is 0. The maximum absolute atomic E-state index is 12.1. The molecule has 7 heteroatoms. The van der Waals surface area contributed by atoms with Gasteiger partial charge in [0.15, 0.2) is 0 Å². The summed E-state index contributed by atoms with van der Waals surface area (Å²) in [6.07, 6.45) is 0.518. The number of rotatable bonds is 6. The normalized spacial score (nSPS) is 14.0. The van der Waals surface area contributed by atoms with Gasteiger partial charge in [-0.3, -0.25) is 9.69 Å². The van der Waals surface area contributed by atoms with E-state index in [4.69, 9.17) is 5.73 Å². The van der Waals surface area contributed by atoms with Crippen molar-refractivity contribution >= 4 is 42.1 Å². The van der Waals surface area contributed by atoms with E-state index in [9.17, 15) is 4.79 Å². The molecule has 2 aromatic rings. The van der Waals surface area contributed by atoms with Gasteiger partial charge in [0.25, 0.3) is 0 Å². The number of anilines is 2. The maximum Gasteiger partial charge on any atom is 0.225 e. The molecule has 0 saturated carbocycles. The van der Waals surface area contributed by atoms with Gasteiger partial charge in [-0.05, 0) is 29.8 Å². The van der Waals surface area contributed by atoms with Crippen LogP contribution in [0.4, 0.5) is 11.4 Å². The number of carbonyl (C=O) groups excluding carboxylic acids is 1.